The number of fused-ring (bicyclic) bond motifs is 1. The lowest BCUT2D eigenvalue weighted by molar-refractivity contribution is -0.136. The van der Waals surface area contributed by atoms with Crippen molar-refractivity contribution in [3.63, 3.8) is 0 Å². The van der Waals surface area contributed by atoms with Crippen LogP contribution in [0, 0.1) is 13.8 Å². The fourth-order valence-electron chi connectivity index (χ4n) is 4.32. The van der Waals surface area contributed by atoms with Crippen molar-refractivity contribution in [2.45, 2.75) is 60.9 Å². The van der Waals surface area contributed by atoms with Gasteiger partial charge in [-0.25, -0.2) is 4.98 Å². The molecule has 2 amide bonds. The molecule has 220 valence electrons. The standard InChI is InChI=1S/C29H33N5O2S.C2H6.CH5N/c1-5-7-12-25-20(6-2)16-26(37-25)22-17-21(15-18(3)27(22)30)33-29(36)28(35)31-13-14-34-19(4)32-23-10-8-9-11-24(23)34;2*1-2/h7-12,15-17H,5-6,13-14,30H2,1-4H3,(H,31,35)(H,33,36);1-2H3;2H2,1H3/b12-7-;;. The van der Waals surface area contributed by atoms with Crippen molar-refractivity contribution in [3.05, 3.63) is 70.4 Å². The molecule has 8 nitrogen and oxygen atoms in total. The molecule has 0 spiro atoms. The Balaban J connectivity index is 0.00000141. The highest BCUT2D eigenvalue weighted by Crippen LogP contribution is 2.38. The molecule has 4 rings (SSSR count). The summed E-state index contributed by atoms with van der Waals surface area (Å²) in [4.78, 5) is 32.0. The number of imidazole rings is 1. The van der Waals surface area contributed by atoms with Gasteiger partial charge >= 0.3 is 11.8 Å². The Hall–Kier alpha value is -3.95. The minimum absolute atomic E-state index is 0.308. The normalized spacial score (nSPS) is 10.5. The first-order chi connectivity index (χ1) is 19.8. The molecule has 9 heteroatoms. The summed E-state index contributed by atoms with van der Waals surface area (Å²) in [5, 5.41) is 5.45. The first-order valence-electron chi connectivity index (χ1n) is 14.1. The molecule has 0 atom stereocenters. The quantitative estimate of drug-likeness (QED) is 0.144. The van der Waals surface area contributed by atoms with E-state index in [0.717, 1.165) is 45.7 Å². The minimum Gasteiger partial charge on any atom is -0.398 e. The molecule has 0 saturated carbocycles. The summed E-state index contributed by atoms with van der Waals surface area (Å²) in [5.74, 6) is -0.540. The average Bonchev–Trinajstić information content (AvgIpc) is 3.55. The van der Waals surface area contributed by atoms with Crippen LogP contribution < -0.4 is 22.1 Å². The molecule has 2 aromatic heterocycles. The SMILES string of the molecule is CC.CC/C=C\c1sc(-c2cc(NC(=O)C(=O)NCCn3c(C)nc4ccccc43)cc(C)c2N)cc1CC.CN. The maximum Gasteiger partial charge on any atom is 0.313 e. The van der Waals surface area contributed by atoms with E-state index >= 15 is 0 Å². The molecule has 4 aromatic rings. The average molecular weight is 577 g/mol. The van der Waals surface area contributed by atoms with E-state index in [9.17, 15) is 9.59 Å². The second-order valence-corrected chi connectivity index (χ2v) is 10.0. The molecule has 0 bridgehead atoms. The van der Waals surface area contributed by atoms with E-state index in [1.807, 2.05) is 62.6 Å². The van der Waals surface area contributed by atoms with Crippen LogP contribution in [-0.4, -0.2) is 35.0 Å². The van der Waals surface area contributed by atoms with E-state index in [1.165, 1.54) is 17.5 Å². The van der Waals surface area contributed by atoms with Crippen LogP contribution in [0.5, 0.6) is 0 Å². The van der Waals surface area contributed by atoms with Crippen molar-refractivity contribution in [1.29, 1.82) is 0 Å². The van der Waals surface area contributed by atoms with Crippen LogP contribution >= 0.6 is 11.3 Å². The molecule has 2 heterocycles. The van der Waals surface area contributed by atoms with Crippen molar-refractivity contribution in [3.8, 4) is 10.4 Å². The molecule has 6 N–H and O–H groups in total. The molecule has 0 radical (unpaired) electrons. The van der Waals surface area contributed by atoms with Gasteiger partial charge in [-0.05, 0) is 81.3 Å². The number of amides is 2. The summed E-state index contributed by atoms with van der Waals surface area (Å²) in [6.45, 7) is 12.9. The van der Waals surface area contributed by atoms with Gasteiger partial charge in [-0.15, -0.1) is 11.3 Å². The van der Waals surface area contributed by atoms with Crippen LogP contribution in [0.4, 0.5) is 11.4 Å². The molecule has 0 aliphatic carbocycles. The van der Waals surface area contributed by atoms with Gasteiger partial charge in [0.2, 0.25) is 0 Å². The van der Waals surface area contributed by atoms with Crippen LogP contribution in [0.25, 0.3) is 27.6 Å². The summed E-state index contributed by atoms with van der Waals surface area (Å²) in [6.07, 6.45) is 6.19. The number of thiophene rings is 1. The Bertz CT molecular complexity index is 1490. The Kier molecular flexibility index (Phi) is 13.3. The third-order valence-corrected chi connectivity index (χ3v) is 7.49. The summed E-state index contributed by atoms with van der Waals surface area (Å²) in [6, 6.07) is 13.6. The molecule has 41 heavy (non-hydrogen) atoms. The monoisotopic (exact) mass is 576 g/mol. The van der Waals surface area contributed by atoms with Crippen molar-refractivity contribution < 1.29 is 9.59 Å². The Labute approximate surface area is 247 Å². The number of nitrogens with zero attached hydrogens (tertiary/aromatic N) is 2. The number of anilines is 2. The summed E-state index contributed by atoms with van der Waals surface area (Å²) >= 11 is 1.68. The number of carbonyl (C=O) groups excluding carboxylic acids is 2. The van der Waals surface area contributed by atoms with Gasteiger partial charge in [0.05, 0.1) is 11.0 Å². The number of nitrogens with one attached hydrogen (secondary N) is 2. The number of benzene rings is 2. The summed E-state index contributed by atoms with van der Waals surface area (Å²) < 4.78 is 2.03. The molecule has 0 unspecified atom stereocenters. The van der Waals surface area contributed by atoms with E-state index in [0.29, 0.717) is 24.5 Å². The van der Waals surface area contributed by atoms with Crippen molar-refractivity contribution in [1.82, 2.24) is 14.9 Å². The number of aromatic nitrogens is 2. The van der Waals surface area contributed by atoms with E-state index in [-0.39, 0.29) is 0 Å². The molecule has 0 fully saturated rings. The number of para-hydroxylation sites is 2. The third kappa shape index (κ3) is 8.28. The number of allylic oxidation sites excluding steroid dienone is 1. The maximum absolute atomic E-state index is 12.7. The first kappa shape index (κ1) is 33.3. The van der Waals surface area contributed by atoms with Gasteiger partial charge in [-0.2, -0.15) is 0 Å². The number of aryl methyl sites for hydroxylation is 3. The van der Waals surface area contributed by atoms with Crippen molar-refractivity contribution in [2.24, 2.45) is 5.73 Å². The molecular weight excluding hydrogens is 532 g/mol. The van der Waals surface area contributed by atoms with E-state index in [1.54, 1.807) is 17.4 Å². The second kappa shape index (κ2) is 16.3. The van der Waals surface area contributed by atoms with Crippen LogP contribution in [0.1, 0.15) is 55.9 Å². The highest BCUT2D eigenvalue weighted by Gasteiger charge is 2.17. The number of rotatable bonds is 8. The zero-order valence-electron chi connectivity index (χ0n) is 25.3. The lowest BCUT2D eigenvalue weighted by Gasteiger charge is -2.12. The number of hydrogen-bond acceptors (Lipinski definition) is 6. The fourth-order valence-corrected chi connectivity index (χ4v) is 5.54. The highest BCUT2D eigenvalue weighted by molar-refractivity contribution is 7.16. The van der Waals surface area contributed by atoms with Crippen molar-refractivity contribution >= 4 is 51.6 Å². The Morgan fingerprint density at radius 1 is 1.05 bits per heavy atom. The van der Waals surface area contributed by atoms with Gasteiger partial charge in [0.15, 0.2) is 0 Å². The zero-order valence-corrected chi connectivity index (χ0v) is 26.1. The molecule has 0 saturated heterocycles. The number of hydrogen-bond donors (Lipinski definition) is 4. The molecule has 0 aliphatic heterocycles. The van der Waals surface area contributed by atoms with Gasteiger partial charge in [-0.1, -0.05) is 45.9 Å². The summed E-state index contributed by atoms with van der Waals surface area (Å²) in [7, 11) is 1.50. The molecular formula is C32H44N6O2S. The summed E-state index contributed by atoms with van der Waals surface area (Å²) in [5.41, 5.74) is 17.0. The van der Waals surface area contributed by atoms with Gasteiger partial charge < -0.3 is 26.7 Å². The van der Waals surface area contributed by atoms with Gasteiger partial charge in [0.25, 0.3) is 0 Å². The van der Waals surface area contributed by atoms with Crippen molar-refractivity contribution in [2.75, 3.05) is 24.6 Å². The Morgan fingerprint density at radius 2 is 1.76 bits per heavy atom. The van der Waals surface area contributed by atoms with Gasteiger partial charge in [0.1, 0.15) is 5.82 Å². The lowest BCUT2D eigenvalue weighted by atomic mass is 10.0. The highest BCUT2D eigenvalue weighted by atomic mass is 32.1. The zero-order chi connectivity index (χ0) is 30.5. The van der Waals surface area contributed by atoms with Crippen LogP contribution in [0.2, 0.25) is 0 Å². The number of carbonyl (C=O) groups is 2. The Morgan fingerprint density at radius 3 is 2.44 bits per heavy atom. The number of nitrogens with two attached hydrogens (primary N) is 2. The number of nitrogen functional groups attached to an aromatic ring is 1. The molecule has 0 aliphatic rings. The van der Waals surface area contributed by atoms with Crippen LogP contribution in [0.15, 0.2) is 48.5 Å². The van der Waals surface area contributed by atoms with Gasteiger partial charge in [-0.3, -0.25) is 9.59 Å². The fraction of sp³-hybridized carbons (Fsp3) is 0.344. The largest absolute Gasteiger partial charge is 0.398 e. The van der Waals surface area contributed by atoms with Crippen LogP contribution in [0.3, 0.4) is 0 Å². The van der Waals surface area contributed by atoms with E-state index < -0.39 is 11.8 Å². The molecule has 2 aromatic carbocycles. The topological polar surface area (TPSA) is 128 Å². The minimum atomic E-state index is -0.714. The lowest BCUT2D eigenvalue weighted by Crippen LogP contribution is -2.37. The first-order valence-corrected chi connectivity index (χ1v) is 14.9. The predicted molar refractivity (Wildman–Crippen MR) is 175 cm³/mol. The predicted octanol–water partition coefficient (Wildman–Crippen LogP) is 6.31. The second-order valence-electron chi connectivity index (χ2n) is 8.93. The smallest absolute Gasteiger partial charge is 0.313 e. The van der Waals surface area contributed by atoms with E-state index in [4.69, 9.17) is 5.73 Å². The van der Waals surface area contributed by atoms with Gasteiger partial charge in [0, 0.05) is 39.8 Å². The van der Waals surface area contributed by atoms with Crippen LogP contribution in [-0.2, 0) is 22.6 Å². The maximum atomic E-state index is 12.7. The third-order valence-electron chi connectivity index (χ3n) is 6.31. The van der Waals surface area contributed by atoms with E-state index in [2.05, 4.69) is 53.4 Å².